The van der Waals surface area contributed by atoms with Crippen LogP contribution in [0.3, 0.4) is 0 Å². The van der Waals surface area contributed by atoms with Gasteiger partial charge in [-0.15, -0.1) is 0 Å². The molecule has 0 unspecified atom stereocenters. The van der Waals surface area contributed by atoms with E-state index in [1.165, 1.54) is 5.56 Å². The number of amides is 1. The number of carbonyl (C=O) groups is 1. The third-order valence-electron chi connectivity index (χ3n) is 3.75. The van der Waals surface area contributed by atoms with E-state index in [0.717, 1.165) is 26.1 Å². The second-order valence-electron chi connectivity index (χ2n) is 5.13. The van der Waals surface area contributed by atoms with Crippen LogP contribution in [0.25, 0.3) is 0 Å². The van der Waals surface area contributed by atoms with Gasteiger partial charge in [0.1, 0.15) is 5.69 Å². The van der Waals surface area contributed by atoms with Gasteiger partial charge in [-0.1, -0.05) is 30.3 Å². The maximum atomic E-state index is 12.5. The summed E-state index contributed by atoms with van der Waals surface area (Å²) in [6, 6.07) is 14.3. The van der Waals surface area contributed by atoms with Crippen LogP contribution in [-0.4, -0.2) is 41.5 Å². The van der Waals surface area contributed by atoms with Crippen LogP contribution in [-0.2, 0) is 6.42 Å². The van der Waals surface area contributed by atoms with Gasteiger partial charge in [0.05, 0.1) is 0 Å². The van der Waals surface area contributed by atoms with Gasteiger partial charge in [-0.25, -0.2) is 0 Å². The predicted molar refractivity (Wildman–Crippen MR) is 78.6 cm³/mol. The molecule has 0 spiro atoms. The largest absolute Gasteiger partial charge is 0.357 e. The van der Waals surface area contributed by atoms with Gasteiger partial charge in [0.25, 0.3) is 5.91 Å². The Kier molecular flexibility index (Phi) is 3.83. The Morgan fingerprint density at radius 2 is 2.05 bits per heavy atom. The van der Waals surface area contributed by atoms with Crippen LogP contribution >= 0.6 is 0 Å². The Morgan fingerprint density at radius 3 is 2.80 bits per heavy atom. The molecule has 1 aromatic heterocycles. The van der Waals surface area contributed by atoms with E-state index in [1.54, 1.807) is 6.20 Å². The van der Waals surface area contributed by atoms with Crippen molar-refractivity contribution in [2.75, 3.05) is 19.6 Å². The van der Waals surface area contributed by atoms with Gasteiger partial charge in [-0.2, -0.15) is 0 Å². The molecular formula is C16H19N3O. The first-order chi connectivity index (χ1) is 9.84. The molecule has 0 saturated carbocycles. The topological polar surface area (TPSA) is 48.1 Å². The lowest BCUT2D eigenvalue weighted by molar-refractivity contribution is 0.0630. The number of nitrogens with zero attached hydrogens (tertiary/aromatic N) is 1. The van der Waals surface area contributed by atoms with E-state index in [0.29, 0.717) is 5.69 Å². The fourth-order valence-electron chi connectivity index (χ4n) is 2.71. The first-order valence-electron chi connectivity index (χ1n) is 7.03. The van der Waals surface area contributed by atoms with Crippen LogP contribution in [0.1, 0.15) is 16.1 Å². The number of H-pyrrole nitrogens is 1. The van der Waals surface area contributed by atoms with Gasteiger partial charge in [0, 0.05) is 31.9 Å². The van der Waals surface area contributed by atoms with Crippen LogP contribution in [0.15, 0.2) is 48.7 Å². The highest BCUT2D eigenvalue weighted by Crippen LogP contribution is 2.14. The van der Waals surface area contributed by atoms with Crippen molar-refractivity contribution in [3.8, 4) is 0 Å². The molecule has 20 heavy (non-hydrogen) atoms. The monoisotopic (exact) mass is 269 g/mol. The maximum Gasteiger partial charge on any atom is 0.270 e. The van der Waals surface area contributed by atoms with Crippen LogP contribution in [0.5, 0.6) is 0 Å². The lowest BCUT2D eigenvalue weighted by atomic mass is 10.0. The minimum Gasteiger partial charge on any atom is -0.357 e. The average molecular weight is 269 g/mol. The van der Waals surface area contributed by atoms with E-state index in [1.807, 2.05) is 35.2 Å². The number of nitrogens with one attached hydrogen (secondary N) is 2. The van der Waals surface area contributed by atoms with E-state index in [4.69, 9.17) is 0 Å². The molecule has 1 aliphatic rings. The van der Waals surface area contributed by atoms with Crippen molar-refractivity contribution in [3.05, 3.63) is 59.9 Å². The highest BCUT2D eigenvalue weighted by atomic mass is 16.2. The molecule has 1 amide bonds. The number of aromatic amines is 1. The Morgan fingerprint density at radius 1 is 1.20 bits per heavy atom. The van der Waals surface area contributed by atoms with Crippen molar-refractivity contribution in [3.63, 3.8) is 0 Å². The SMILES string of the molecule is O=C(c1ccc[nH]1)N1CCNC[C@H]1Cc1ccccc1. The number of rotatable bonds is 3. The fourth-order valence-corrected chi connectivity index (χ4v) is 2.71. The number of aromatic nitrogens is 1. The first-order valence-corrected chi connectivity index (χ1v) is 7.03. The molecule has 4 nitrogen and oxygen atoms in total. The number of carbonyl (C=O) groups excluding carboxylic acids is 1. The second-order valence-corrected chi connectivity index (χ2v) is 5.13. The fraction of sp³-hybridized carbons (Fsp3) is 0.312. The molecule has 3 rings (SSSR count). The van der Waals surface area contributed by atoms with E-state index in [9.17, 15) is 4.79 Å². The quantitative estimate of drug-likeness (QED) is 0.890. The summed E-state index contributed by atoms with van der Waals surface area (Å²) in [4.78, 5) is 17.5. The molecule has 2 N–H and O–H groups in total. The summed E-state index contributed by atoms with van der Waals surface area (Å²) in [6.07, 6.45) is 2.68. The third-order valence-corrected chi connectivity index (χ3v) is 3.75. The van der Waals surface area contributed by atoms with Gasteiger partial charge in [0.15, 0.2) is 0 Å². The van der Waals surface area contributed by atoms with Gasteiger partial charge >= 0.3 is 0 Å². The minimum atomic E-state index is 0.0948. The molecule has 104 valence electrons. The predicted octanol–water partition coefficient (Wildman–Crippen LogP) is 1.67. The summed E-state index contributed by atoms with van der Waals surface area (Å²) in [5, 5.41) is 3.38. The molecule has 0 radical (unpaired) electrons. The summed E-state index contributed by atoms with van der Waals surface area (Å²) in [6.45, 7) is 2.47. The van der Waals surface area contributed by atoms with Crippen molar-refractivity contribution in [2.45, 2.75) is 12.5 Å². The van der Waals surface area contributed by atoms with Crippen LogP contribution in [0, 0.1) is 0 Å². The molecular weight excluding hydrogens is 250 g/mol. The van der Waals surface area contributed by atoms with Crippen molar-refractivity contribution < 1.29 is 4.79 Å². The molecule has 0 bridgehead atoms. The summed E-state index contributed by atoms with van der Waals surface area (Å²) in [5.41, 5.74) is 1.94. The first kappa shape index (κ1) is 12.9. The smallest absolute Gasteiger partial charge is 0.270 e. The molecule has 1 aromatic carbocycles. The number of hydrogen-bond acceptors (Lipinski definition) is 2. The highest BCUT2D eigenvalue weighted by Gasteiger charge is 2.27. The zero-order valence-electron chi connectivity index (χ0n) is 11.4. The Hall–Kier alpha value is -2.07. The van der Waals surface area contributed by atoms with Gasteiger partial charge in [-0.05, 0) is 24.1 Å². The lowest BCUT2D eigenvalue weighted by Crippen LogP contribution is -2.54. The Labute approximate surface area is 118 Å². The average Bonchev–Trinajstić information content (AvgIpc) is 3.02. The molecule has 1 fully saturated rings. The molecule has 4 heteroatoms. The van der Waals surface area contributed by atoms with Crippen molar-refractivity contribution in [2.24, 2.45) is 0 Å². The normalized spacial score (nSPS) is 19.0. The third kappa shape index (κ3) is 2.75. The summed E-state index contributed by atoms with van der Waals surface area (Å²) < 4.78 is 0. The minimum absolute atomic E-state index is 0.0948. The number of piperazine rings is 1. The number of benzene rings is 1. The highest BCUT2D eigenvalue weighted by molar-refractivity contribution is 5.92. The lowest BCUT2D eigenvalue weighted by Gasteiger charge is -2.36. The van der Waals surface area contributed by atoms with Gasteiger partial charge in [-0.3, -0.25) is 4.79 Å². The summed E-state index contributed by atoms with van der Waals surface area (Å²) in [5.74, 6) is 0.0948. The second kappa shape index (κ2) is 5.92. The molecule has 0 aliphatic carbocycles. The molecule has 2 aromatic rings. The van der Waals surface area contributed by atoms with E-state index < -0.39 is 0 Å². The van der Waals surface area contributed by atoms with Crippen LogP contribution < -0.4 is 5.32 Å². The molecule has 1 aliphatic heterocycles. The molecule has 1 saturated heterocycles. The zero-order chi connectivity index (χ0) is 13.8. The summed E-state index contributed by atoms with van der Waals surface area (Å²) >= 11 is 0. The number of hydrogen-bond donors (Lipinski definition) is 2. The van der Waals surface area contributed by atoms with E-state index in [2.05, 4.69) is 22.4 Å². The van der Waals surface area contributed by atoms with Crippen molar-refractivity contribution in [1.82, 2.24) is 15.2 Å². The maximum absolute atomic E-state index is 12.5. The zero-order valence-corrected chi connectivity index (χ0v) is 11.4. The van der Waals surface area contributed by atoms with E-state index >= 15 is 0 Å². The van der Waals surface area contributed by atoms with Crippen molar-refractivity contribution in [1.29, 1.82) is 0 Å². The van der Waals surface area contributed by atoms with E-state index in [-0.39, 0.29) is 11.9 Å². The Bertz CT molecular complexity index is 550. The van der Waals surface area contributed by atoms with Crippen molar-refractivity contribution >= 4 is 5.91 Å². The molecule has 1 atom stereocenters. The van der Waals surface area contributed by atoms with Crippen LogP contribution in [0.4, 0.5) is 0 Å². The van der Waals surface area contributed by atoms with Gasteiger partial charge in [0.2, 0.25) is 0 Å². The van der Waals surface area contributed by atoms with Gasteiger partial charge < -0.3 is 15.2 Å². The van der Waals surface area contributed by atoms with Crippen LogP contribution in [0.2, 0.25) is 0 Å². The Balaban J connectivity index is 1.76. The summed E-state index contributed by atoms with van der Waals surface area (Å²) in [7, 11) is 0. The standard InChI is InChI=1S/C16H19N3O/c20-16(15-7-4-8-18-15)19-10-9-17-12-14(19)11-13-5-2-1-3-6-13/h1-8,14,17-18H,9-12H2/t14-/m1/s1. The molecule has 2 heterocycles.